The first-order valence-corrected chi connectivity index (χ1v) is 10.7. The second kappa shape index (κ2) is 10.0. The van der Waals surface area contributed by atoms with Crippen LogP contribution in [0.4, 0.5) is 18.9 Å². The number of hydrogen-bond donors (Lipinski definition) is 1. The van der Waals surface area contributed by atoms with Crippen molar-refractivity contribution in [1.82, 2.24) is 9.78 Å². The van der Waals surface area contributed by atoms with Gasteiger partial charge in [0.1, 0.15) is 11.5 Å². The Balaban J connectivity index is 1.45. The smallest absolute Gasteiger partial charge is 0.435 e. The van der Waals surface area contributed by atoms with Crippen LogP contribution in [-0.2, 0) is 11.0 Å². The molecule has 1 atom stereocenters. The molecule has 0 aliphatic heterocycles. The number of carbonyl (C=O) groups excluding carboxylic acids is 1. The van der Waals surface area contributed by atoms with Gasteiger partial charge in [0.05, 0.1) is 11.1 Å². The Bertz CT molecular complexity index is 1220. The number of carbonyl (C=O) groups is 1. The molecule has 4 rings (SSSR count). The number of hydrogen-bond acceptors (Lipinski definition) is 4. The highest BCUT2D eigenvalue weighted by atomic mass is 35.5. The second-order valence-corrected chi connectivity index (χ2v) is 7.81. The van der Waals surface area contributed by atoms with Gasteiger partial charge in [-0.25, -0.2) is 4.68 Å². The molecule has 0 fully saturated rings. The summed E-state index contributed by atoms with van der Waals surface area (Å²) < 4.78 is 51.8. The van der Waals surface area contributed by atoms with Gasteiger partial charge in [-0.2, -0.15) is 18.3 Å². The number of aromatic nitrogens is 2. The number of alkyl halides is 4. The monoisotopic (exact) mass is 489 g/mol. The van der Waals surface area contributed by atoms with Gasteiger partial charge in [0.2, 0.25) is 5.88 Å². The van der Waals surface area contributed by atoms with Crippen LogP contribution < -0.4 is 14.8 Å². The lowest BCUT2D eigenvalue weighted by molar-refractivity contribution is -0.141. The third-order valence-corrected chi connectivity index (χ3v) is 5.13. The zero-order valence-corrected chi connectivity index (χ0v) is 18.4. The van der Waals surface area contributed by atoms with Gasteiger partial charge in [-0.3, -0.25) is 4.79 Å². The molecule has 6 nitrogen and oxygen atoms in total. The molecule has 1 aliphatic rings. The molecule has 1 aliphatic carbocycles. The third kappa shape index (κ3) is 5.79. The molecule has 1 unspecified atom stereocenters. The summed E-state index contributed by atoms with van der Waals surface area (Å²) >= 11 is 6.25. The first-order valence-electron chi connectivity index (χ1n) is 10.2. The molecule has 1 N–H and O–H groups in total. The number of anilines is 1. The number of rotatable bonds is 7. The first-order chi connectivity index (χ1) is 16.3. The van der Waals surface area contributed by atoms with Crippen molar-refractivity contribution in [2.75, 3.05) is 11.9 Å². The van der Waals surface area contributed by atoms with E-state index in [4.69, 9.17) is 21.1 Å². The fraction of sp³-hybridized carbons (Fsp3) is 0.167. The minimum Gasteiger partial charge on any atom is -0.467 e. The van der Waals surface area contributed by atoms with E-state index < -0.39 is 29.8 Å². The van der Waals surface area contributed by atoms with Crippen LogP contribution in [0, 0.1) is 0 Å². The van der Waals surface area contributed by atoms with Crippen LogP contribution in [0.3, 0.4) is 0 Å². The van der Waals surface area contributed by atoms with E-state index in [1.807, 2.05) is 18.2 Å². The zero-order valence-electron chi connectivity index (χ0n) is 17.6. The van der Waals surface area contributed by atoms with E-state index in [1.165, 1.54) is 0 Å². The van der Waals surface area contributed by atoms with Crippen LogP contribution in [0.15, 0.2) is 78.9 Å². The van der Waals surface area contributed by atoms with Crippen molar-refractivity contribution < 1.29 is 27.4 Å². The van der Waals surface area contributed by atoms with E-state index in [2.05, 4.69) is 10.4 Å². The Morgan fingerprint density at radius 3 is 2.62 bits per heavy atom. The highest BCUT2D eigenvalue weighted by molar-refractivity contribution is 6.25. The normalized spacial score (nSPS) is 15.5. The van der Waals surface area contributed by atoms with E-state index in [1.54, 1.807) is 54.6 Å². The van der Waals surface area contributed by atoms with Gasteiger partial charge in [-0.05, 0) is 36.8 Å². The Labute approximate surface area is 198 Å². The van der Waals surface area contributed by atoms with Gasteiger partial charge in [0, 0.05) is 17.8 Å². The molecule has 0 radical (unpaired) electrons. The number of nitrogens with zero attached hydrogens (tertiary/aromatic N) is 2. The molecular weight excluding hydrogens is 471 g/mol. The van der Waals surface area contributed by atoms with Crippen LogP contribution in [0.25, 0.3) is 5.70 Å². The molecule has 34 heavy (non-hydrogen) atoms. The van der Waals surface area contributed by atoms with Crippen LogP contribution in [0.2, 0.25) is 0 Å². The maximum Gasteiger partial charge on any atom is 0.435 e. The molecule has 3 aromatic rings. The number of amides is 1. The molecule has 0 spiro atoms. The first kappa shape index (κ1) is 23.4. The Kier molecular flexibility index (Phi) is 6.93. The summed E-state index contributed by atoms with van der Waals surface area (Å²) in [5.41, 5.74) is -0.388. The quantitative estimate of drug-likeness (QED) is 0.406. The third-order valence-electron chi connectivity index (χ3n) is 4.73. The van der Waals surface area contributed by atoms with Gasteiger partial charge >= 0.3 is 6.18 Å². The van der Waals surface area contributed by atoms with Crippen LogP contribution in [0.1, 0.15) is 12.1 Å². The summed E-state index contributed by atoms with van der Waals surface area (Å²) in [6, 6.07) is 16.5. The maximum atomic E-state index is 13.2. The number of nitrogens with one attached hydrogen (secondary N) is 1. The topological polar surface area (TPSA) is 65.4 Å². The minimum absolute atomic E-state index is 0.240. The van der Waals surface area contributed by atoms with Gasteiger partial charge in [0.15, 0.2) is 12.3 Å². The SMILES string of the molecule is O=C(COc1cc(C(F)(F)F)nn1C1=CC=CCC1Cl)Nc1cccc(Oc2ccccc2)c1. The Hall–Kier alpha value is -3.72. The van der Waals surface area contributed by atoms with E-state index >= 15 is 0 Å². The van der Waals surface area contributed by atoms with Gasteiger partial charge in [-0.1, -0.05) is 36.4 Å². The van der Waals surface area contributed by atoms with E-state index in [0.29, 0.717) is 29.3 Å². The number of para-hydroxylation sites is 1. The van der Waals surface area contributed by atoms with Gasteiger partial charge in [-0.15, -0.1) is 11.6 Å². The van der Waals surface area contributed by atoms with Crippen LogP contribution >= 0.6 is 11.6 Å². The lowest BCUT2D eigenvalue weighted by atomic mass is 10.1. The summed E-state index contributed by atoms with van der Waals surface area (Å²) in [6.45, 7) is -0.539. The highest BCUT2D eigenvalue weighted by Crippen LogP contribution is 2.34. The Morgan fingerprint density at radius 1 is 1.12 bits per heavy atom. The van der Waals surface area contributed by atoms with E-state index in [0.717, 1.165) is 10.7 Å². The number of benzene rings is 2. The van der Waals surface area contributed by atoms with Crippen molar-refractivity contribution in [3.63, 3.8) is 0 Å². The molecule has 0 saturated heterocycles. The molecule has 1 aromatic heterocycles. The average Bonchev–Trinajstić information content (AvgIpc) is 3.24. The van der Waals surface area contributed by atoms with Crippen molar-refractivity contribution in [3.05, 3.63) is 84.6 Å². The highest BCUT2D eigenvalue weighted by Gasteiger charge is 2.36. The summed E-state index contributed by atoms with van der Waals surface area (Å²) in [6.07, 6.45) is 0.760. The molecular formula is C24H19ClF3N3O3. The fourth-order valence-corrected chi connectivity index (χ4v) is 3.45. The molecule has 176 valence electrons. The fourth-order valence-electron chi connectivity index (χ4n) is 3.18. The molecule has 0 saturated carbocycles. The standard InChI is InChI=1S/C24H19ClF3N3O3/c25-19-11-4-5-12-20(19)31-23(14-21(30-31)24(26,27)28)33-15-22(32)29-16-7-6-10-18(13-16)34-17-8-2-1-3-9-17/h1-10,12-14,19H,11,15H2,(H,29,32). The number of ether oxygens (including phenoxy) is 2. The molecule has 2 aromatic carbocycles. The molecule has 0 bridgehead atoms. The van der Waals surface area contributed by atoms with Crippen LogP contribution in [0.5, 0.6) is 17.4 Å². The van der Waals surface area contributed by atoms with Crippen molar-refractivity contribution in [2.45, 2.75) is 18.0 Å². The summed E-state index contributed by atoms with van der Waals surface area (Å²) in [5, 5.41) is 5.65. The van der Waals surface area contributed by atoms with Crippen LogP contribution in [-0.4, -0.2) is 27.7 Å². The van der Waals surface area contributed by atoms with Crippen molar-refractivity contribution in [3.8, 4) is 17.4 Å². The van der Waals surface area contributed by atoms with Gasteiger partial charge in [0.25, 0.3) is 5.91 Å². The van der Waals surface area contributed by atoms with E-state index in [9.17, 15) is 18.0 Å². The molecule has 1 amide bonds. The summed E-state index contributed by atoms with van der Waals surface area (Å²) in [7, 11) is 0. The molecule has 1 heterocycles. The molecule has 10 heteroatoms. The largest absolute Gasteiger partial charge is 0.467 e. The van der Waals surface area contributed by atoms with Gasteiger partial charge < -0.3 is 14.8 Å². The lowest BCUT2D eigenvalue weighted by Crippen LogP contribution is -2.22. The summed E-state index contributed by atoms with van der Waals surface area (Å²) in [5.74, 6) is 0.324. The predicted molar refractivity (Wildman–Crippen MR) is 122 cm³/mol. The number of halogens is 4. The minimum atomic E-state index is -4.68. The predicted octanol–water partition coefficient (Wildman–Crippen LogP) is 6.12. The Morgan fingerprint density at radius 2 is 1.88 bits per heavy atom. The van der Waals surface area contributed by atoms with Crippen molar-refractivity contribution in [2.24, 2.45) is 0 Å². The second-order valence-electron chi connectivity index (χ2n) is 7.28. The van der Waals surface area contributed by atoms with Crippen molar-refractivity contribution >= 4 is 28.9 Å². The number of allylic oxidation sites excluding steroid dienone is 4. The maximum absolute atomic E-state index is 13.2. The summed E-state index contributed by atoms with van der Waals surface area (Å²) in [4.78, 5) is 12.4. The lowest BCUT2D eigenvalue weighted by Gasteiger charge is -2.17. The zero-order chi connectivity index (χ0) is 24.1. The average molecular weight is 490 g/mol. The van der Waals surface area contributed by atoms with E-state index in [-0.39, 0.29) is 5.88 Å². The van der Waals surface area contributed by atoms with Crippen molar-refractivity contribution in [1.29, 1.82) is 0 Å².